The van der Waals surface area contributed by atoms with Crippen molar-refractivity contribution >= 4 is 64.6 Å². The van der Waals surface area contributed by atoms with E-state index in [4.69, 9.17) is 0 Å². The van der Waals surface area contributed by atoms with Gasteiger partial charge >= 0.3 is 0 Å². The highest BCUT2D eigenvalue weighted by atomic mass is 19.1. The Bertz CT molecular complexity index is 4750. The third kappa shape index (κ3) is 5.86. The zero-order valence-corrected chi connectivity index (χ0v) is 42.0. The van der Waals surface area contributed by atoms with E-state index in [9.17, 15) is 0 Å². The number of halogens is 2. The van der Waals surface area contributed by atoms with Gasteiger partial charge in [-0.2, -0.15) is 0 Å². The molecule has 15 aromatic rings. The Morgan fingerprint density at radius 1 is 0.167 bits per heavy atom. The van der Waals surface area contributed by atoms with E-state index >= 15 is 8.78 Å². The molecule has 0 amide bonds. The summed E-state index contributed by atoms with van der Waals surface area (Å²) in [4.78, 5) is 0. The normalized spacial score (nSPS) is 12.2. The molecule has 0 atom stereocenters. The van der Waals surface area contributed by atoms with E-state index in [0.717, 1.165) is 55.3 Å². The second kappa shape index (κ2) is 16.2. The minimum atomic E-state index is -0.256. The second-order valence-corrected chi connectivity index (χ2v) is 21.1. The van der Waals surface area contributed by atoms with E-state index < -0.39 is 0 Å². The number of benzene rings is 15. The maximum atomic E-state index is 15.2. The molecule has 0 N–H and O–H groups in total. The molecule has 0 saturated carbocycles. The molecule has 17 rings (SSSR count). The fourth-order valence-corrected chi connectivity index (χ4v) is 14.3. The summed E-state index contributed by atoms with van der Waals surface area (Å²) in [6.07, 6.45) is 0. The molecule has 0 aromatic heterocycles. The molecule has 0 saturated heterocycles. The van der Waals surface area contributed by atoms with Gasteiger partial charge in [0.05, 0.1) is 0 Å². The molecule has 0 aliphatic heterocycles. The van der Waals surface area contributed by atoms with Crippen LogP contribution in [0.1, 0.15) is 0 Å². The lowest BCUT2D eigenvalue weighted by atomic mass is 9.81. The molecule has 0 bridgehead atoms. The molecule has 0 radical (unpaired) electrons. The van der Waals surface area contributed by atoms with Gasteiger partial charge in [-0.1, -0.05) is 231 Å². The maximum Gasteiger partial charge on any atom is 0.123 e. The highest BCUT2D eigenvalue weighted by molar-refractivity contribution is 6.42. The summed E-state index contributed by atoms with van der Waals surface area (Å²) in [5.41, 5.74) is 22.6. The summed E-state index contributed by atoms with van der Waals surface area (Å²) in [7, 11) is 0. The summed E-state index contributed by atoms with van der Waals surface area (Å²) in [5, 5.41) is 14.6. The number of hydrogen-bond donors (Lipinski definition) is 0. The highest BCUT2D eigenvalue weighted by Gasteiger charge is 2.36. The van der Waals surface area contributed by atoms with Crippen molar-refractivity contribution < 1.29 is 8.78 Å². The van der Waals surface area contributed by atoms with Crippen LogP contribution in [0.25, 0.3) is 176 Å². The van der Waals surface area contributed by atoms with Crippen LogP contribution in [0.3, 0.4) is 0 Å². The Morgan fingerprint density at radius 3 is 0.821 bits per heavy atom. The van der Waals surface area contributed by atoms with Gasteiger partial charge in [-0.3, -0.25) is 0 Å². The molecule has 78 heavy (non-hydrogen) atoms. The fraction of sp³-hybridized carbons (Fsp3) is 0. The Morgan fingerprint density at radius 2 is 0.462 bits per heavy atom. The maximum absolute atomic E-state index is 15.2. The van der Waals surface area contributed by atoms with Gasteiger partial charge in [0.1, 0.15) is 11.6 Å². The first-order chi connectivity index (χ1) is 38.6. The number of rotatable bonds is 6. The van der Waals surface area contributed by atoms with Crippen molar-refractivity contribution in [3.8, 4) is 111 Å². The van der Waals surface area contributed by atoms with Crippen molar-refractivity contribution in [2.75, 3.05) is 0 Å². The standard InChI is InChI=1S/C76H42F2/c77-47-23-15-21-45(41-47)49-25-7-9-27-51(49)69-55-31-13-11-29-53(55)65(43-17-3-1-4-18-43)73-61-37-33-57-60-36-40-64-72-62(38-34-58(68(60)72)59-35-39-63(75(69)73)71(61)67(57)59)74-66(44-19-5-2-6-20-44)54-30-12-14-32-56(54)70(76(64)74)52-28-10-8-26-50(52)46-22-16-24-48(78)42-46/h1-42H. The lowest BCUT2D eigenvalue weighted by molar-refractivity contribution is 0.628. The van der Waals surface area contributed by atoms with Gasteiger partial charge in [0, 0.05) is 0 Å². The van der Waals surface area contributed by atoms with Gasteiger partial charge in [0.2, 0.25) is 0 Å². The van der Waals surface area contributed by atoms with Crippen LogP contribution in [0.2, 0.25) is 0 Å². The largest absolute Gasteiger partial charge is 0.207 e. The van der Waals surface area contributed by atoms with Gasteiger partial charge in [-0.15, -0.1) is 0 Å². The van der Waals surface area contributed by atoms with Crippen molar-refractivity contribution in [2.24, 2.45) is 0 Å². The van der Waals surface area contributed by atoms with Gasteiger partial charge < -0.3 is 0 Å². The van der Waals surface area contributed by atoms with Crippen molar-refractivity contribution in [1.82, 2.24) is 0 Å². The molecule has 0 fully saturated rings. The minimum absolute atomic E-state index is 0.256. The monoisotopic (exact) mass is 992 g/mol. The van der Waals surface area contributed by atoms with Crippen LogP contribution in [0.5, 0.6) is 0 Å². The first-order valence-corrected chi connectivity index (χ1v) is 26.8. The average molecular weight is 993 g/mol. The Labute approximate surface area is 448 Å². The topological polar surface area (TPSA) is 0 Å². The molecule has 15 aromatic carbocycles. The van der Waals surface area contributed by atoms with Gasteiger partial charge in [-0.05, 0) is 200 Å². The lowest BCUT2D eigenvalue weighted by Crippen LogP contribution is -1.95. The Kier molecular flexibility index (Phi) is 9.01. The summed E-state index contributed by atoms with van der Waals surface area (Å²) < 4.78 is 30.3. The van der Waals surface area contributed by atoms with Crippen LogP contribution < -0.4 is 0 Å². The first kappa shape index (κ1) is 43.2. The van der Waals surface area contributed by atoms with Crippen LogP contribution in [0.4, 0.5) is 8.78 Å². The van der Waals surface area contributed by atoms with Crippen LogP contribution in [-0.2, 0) is 0 Å². The smallest absolute Gasteiger partial charge is 0.123 e. The SMILES string of the molecule is Fc1cccc(-c2ccccc2-c2c3c(c(-c4ccccc4)c4ccccc24)-c2ccc4c5ccc6c7c(ccc(c8ccc-3c2c48)c75)-c2c-6c(-c3ccccc3-c3cccc(F)c3)c3ccccc3c2-c2ccccc2)c1. The van der Waals surface area contributed by atoms with Crippen molar-refractivity contribution in [2.45, 2.75) is 0 Å². The predicted octanol–water partition coefficient (Wildman–Crippen LogP) is 21.6. The zero-order valence-electron chi connectivity index (χ0n) is 42.0. The lowest BCUT2D eigenvalue weighted by Gasteiger charge is -2.22. The fourth-order valence-electron chi connectivity index (χ4n) is 14.3. The average Bonchev–Trinajstić information content (AvgIpc) is 3.62. The molecule has 0 nitrogen and oxygen atoms in total. The first-order valence-electron chi connectivity index (χ1n) is 26.8. The quantitative estimate of drug-likeness (QED) is 0.115. The van der Waals surface area contributed by atoms with E-state index in [1.165, 1.54) is 133 Å². The van der Waals surface area contributed by atoms with E-state index in [0.29, 0.717) is 0 Å². The molecule has 0 spiro atoms. The summed E-state index contributed by atoms with van der Waals surface area (Å²) >= 11 is 0. The summed E-state index contributed by atoms with van der Waals surface area (Å²) in [6.45, 7) is 0. The summed E-state index contributed by atoms with van der Waals surface area (Å²) in [6, 6.07) is 89.6. The van der Waals surface area contributed by atoms with E-state index in [-0.39, 0.29) is 11.6 Å². The third-order valence-corrected chi connectivity index (χ3v) is 17.2. The zero-order chi connectivity index (χ0) is 51.3. The van der Waals surface area contributed by atoms with E-state index in [1.807, 2.05) is 24.3 Å². The number of fused-ring (bicyclic) bond motifs is 10. The van der Waals surface area contributed by atoms with Crippen LogP contribution in [0, 0.1) is 11.6 Å². The van der Waals surface area contributed by atoms with E-state index in [1.54, 1.807) is 12.1 Å². The third-order valence-electron chi connectivity index (χ3n) is 17.2. The van der Waals surface area contributed by atoms with Crippen molar-refractivity contribution in [3.63, 3.8) is 0 Å². The molecule has 2 aliphatic carbocycles. The Hall–Kier alpha value is -10.0. The van der Waals surface area contributed by atoms with Crippen molar-refractivity contribution in [3.05, 3.63) is 266 Å². The van der Waals surface area contributed by atoms with Crippen LogP contribution in [0.15, 0.2) is 255 Å². The molecule has 0 unspecified atom stereocenters. The van der Waals surface area contributed by atoms with E-state index in [2.05, 4.69) is 206 Å². The highest BCUT2D eigenvalue weighted by Crippen LogP contribution is 2.63. The minimum Gasteiger partial charge on any atom is -0.207 e. The van der Waals surface area contributed by atoms with Gasteiger partial charge in [-0.25, -0.2) is 8.78 Å². The number of hydrogen-bond acceptors (Lipinski definition) is 0. The molecular weight excluding hydrogens is 951 g/mol. The Balaban J connectivity index is 0.987. The summed E-state index contributed by atoms with van der Waals surface area (Å²) in [5.74, 6) is -0.511. The molecule has 360 valence electrons. The van der Waals surface area contributed by atoms with Crippen LogP contribution in [-0.4, -0.2) is 0 Å². The molecular formula is C76H42F2. The molecule has 2 heteroatoms. The second-order valence-electron chi connectivity index (χ2n) is 21.1. The van der Waals surface area contributed by atoms with Gasteiger partial charge in [0.15, 0.2) is 0 Å². The van der Waals surface area contributed by atoms with Gasteiger partial charge in [0.25, 0.3) is 0 Å². The predicted molar refractivity (Wildman–Crippen MR) is 324 cm³/mol. The van der Waals surface area contributed by atoms with Crippen LogP contribution >= 0.6 is 0 Å². The van der Waals surface area contributed by atoms with Crippen molar-refractivity contribution in [1.29, 1.82) is 0 Å². The molecule has 0 heterocycles. The molecule has 2 aliphatic rings.